The number of aromatic nitrogens is 2. The Bertz CT molecular complexity index is 853. The van der Waals surface area contributed by atoms with Crippen molar-refractivity contribution in [3.05, 3.63) is 58.3 Å². The molecule has 0 aliphatic heterocycles. The number of benzene rings is 1. The van der Waals surface area contributed by atoms with E-state index in [0.717, 1.165) is 5.52 Å². The van der Waals surface area contributed by atoms with Crippen molar-refractivity contribution < 1.29 is 13.9 Å². The van der Waals surface area contributed by atoms with E-state index in [-0.39, 0.29) is 16.3 Å². The first kappa shape index (κ1) is 12.4. The third-order valence-electron chi connectivity index (χ3n) is 2.72. The SMILES string of the molecule is O=C(Nc1ccc2[nH]c(=S)oc2c1)c1ccc[n+]([O-])c1. The number of nitrogens with one attached hydrogen (secondary N) is 2. The Morgan fingerprint density at radius 1 is 1.40 bits per heavy atom. The second kappa shape index (κ2) is 4.78. The Labute approximate surface area is 118 Å². The third-order valence-corrected chi connectivity index (χ3v) is 2.90. The standard InChI is InChI=1S/C13H9N3O3S/c17-12(8-2-1-5-16(18)7-8)14-9-3-4-10-11(6-9)19-13(20)15-10/h1-7H,(H,14,17)(H,15,20). The van der Waals surface area contributed by atoms with Crippen molar-refractivity contribution in [3.8, 4) is 0 Å². The van der Waals surface area contributed by atoms with Crippen LogP contribution in [0.3, 0.4) is 0 Å². The van der Waals surface area contributed by atoms with Gasteiger partial charge in [-0.1, -0.05) is 0 Å². The summed E-state index contributed by atoms with van der Waals surface area (Å²) in [5.74, 6) is -0.372. The Hall–Kier alpha value is -2.67. The molecular weight excluding hydrogens is 278 g/mol. The largest absolute Gasteiger partial charge is 0.619 e. The average molecular weight is 287 g/mol. The van der Waals surface area contributed by atoms with Gasteiger partial charge in [0.2, 0.25) is 0 Å². The van der Waals surface area contributed by atoms with Crippen LogP contribution in [0.1, 0.15) is 10.4 Å². The number of hydrogen-bond donors (Lipinski definition) is 2. The van der Waals surface area contributed by atoms with Gasteiger partial charge in [-0.05, 0) is 30.4 Å². The molecule has 0 aliphatic carbocycles. The number of hydrogen-bond acceptors (Lipinski definition) is 4. The second-order valence-electron chi connectivity index (χ2n) is 4.13. The molecule has 3 aromatic rings. The normalized spacial score (nSPS) is 10.6. The Balaban J connectivity index is 1.88. The molecule has 0 fully saturated rings. The molecule has 2 N–H and O–H groups in total. The van der Waals surface area contributed by atoms with Crippen molar-refractivity contribution in [2.75, 3.05) is 5.32 Å². The molecule has 20 heavy (non-hydrogen) atoms. The van der Waals surface area contributed by atoms with E-state index in [0.29, 0.717) is 16.0 Å². The van der Waals surface area contributed by atoms with Crippen molar-refractivity contribution >= 4 is 34.9 Å². The molecule has 6 nitrogen and oxygen atoms in total. The van der Waals surface area contributed by atoms with E-state index in [4.69, 9.17) is 16.6 Å². The molecule has 2 heterocycles. The number of oxazole rings is 1. The van der Waals surface area contributed by atoms with Crippen LogP contribution in [-0.2, 0) is 0 Å². The summed E-state index contributed by atoms with van der Waals surface area (Å²) in [6.45, 7) is 0. The Kier molecular flexibility index (Phi) is 2.96. The van der Waals surface area contributed by atoms with Crippen molar-refractivity contribution in [2.45, 2.75) is 0 Å². The lowest BCUT2D eigenvalue weighted by Crippen LogP contribution is -2.27. The van der Waals surface area contributed by atoms with Gasteiger partial charge in [0.1, 0.15) is 5.56 Å². The van der Waals surface area contributed by atoms with Gasteiger partial charge in [0.25, 0.3) is 10.7 Å². The van der Waals surface area contributed by atoms with Crippen LogP contribution in [0.2, 0.25) is 0 Å². The molecule has 0 saturated carbocycles. The quantitative estimate of drug-likeness (QED) is 0.430. The van der Waals surface area contributed by atoms with Gasteiger partial charge in [-0.15, -0.1) is 0 Å². The van der Waals surface area contributed by atoms with Crippen LogP contribution in [-0.4, -0.2) is 10.9 Å². The van der Waals surface area contributed by atoms with Gasteiger partial charge in [-0.2, -0.15) is 4.73 Å². The summed E-state index contributed by atoms with van der Waals surface area (Å²) in [7, 11) is 0. The zero-order valence-electron chi connectivity index (χ0n) is 10.1. The van der Waals surface area contributed by atoms with Crippen LogP contribution in [0.15, 0.2) is 47.1 Å². The van der Waals surface area contributed by atoms with Crippen LogP contribution in [0.25, 0.3) is 11.1 Å². The first-order valence-corrected chi connectivity index (χ1v) is 6.16. The first-order valence-electron chi connectivity index (χ1n) is 5.75. The molecule has 1 amide bonds. The van der Waals surface area contributed by atoms with Gasteiger partial charge in [-0.25, -0.2) is 0 Å². The van der Waals surface area contributed by atoms with Gasteiger partial charge in [0.05, 0.1) is 5.52 Å². The van der Waals surface area contributed by atoms with Crippen LogP contribution < -0.4 is 10.0 Å². The third kappa shape index (κ3) is 2.39. The molecule has 1 aromatic carbocycles. The fourth-order valence-electron chi connectivity index (χ4n) is 1.82. The zero-order chi connectivity index (χ0) is 14.1. The monoisotopic (exact) mass is 287 g/mol. The van der Waals surface area contributed by atoms with E-state index in [9.17, 15) is 10.0 Å². The van der Waals surface area contributed by atoms with E-state index >= 15 is 0 Å². The van der Waals surface area contributed by atoms with Crippen molar-refractivity contribution in [1.29, 1.82) is 0 Å². The van der Waals surface area contributed by atoms with E-state index in [1.807, 2.05) is 0 Å². The molecule has 0 atom stereocenters. The lowest BCUT2D eigenvalue weighted by Gasteiger charge is -2.04. The second-order valence-corrected chi connectivity index (χ2v) is 4.50. The maximum Gasteiger partial charge on any atom is 0.266 e. The van der Waals surface area contributed by atoms with Gasteiger partial charge in [-0.3, -0.25) is 4.79 Å². The highest BCUT2D eigenvalue weighted by atomic mass is 32.1. The highest BCUT2D eigenvalue weighted by Gasteiger charge is 2.10. The lowest BCUT2D eigenvalue weighted by atomic mass is 10.2. The minimum Gasteiger partial charge on any atom is -0.619 e. The number of fused-ring (bicyclic) bond motifs is 1. The van der Waals surface area contributed by atoms with Crippen molar-refractivity contribution in [2.24, 2.45) is 0 Å². The van der Waals surface area contributed by atoms with Crippen LogP contribution in [0.4, 0.5) is 5.69 Å². The average Bonchev–Trinajstić information content (AvgIpc) is 2.78. The first-order chi connectivity index (χ1) is 9.61. The van der Waals surface area contributed by atoms with Gasteiger partial charge >= 0.3 is 0 Å². The van der Waals surface area contributed by atoms with E-state index in [1.54, 1.807) is 24.3 Å². The molecule has 0 spiro atoms. The summed E-state index contributed by atoms with van der Waals surface area (Å²) in [4.78, 5) is 15.1. The molecule has 0 bridgehead atoms. The summed E-state index contributed by atoms with van der Waals surface area (Å²) >= 11 is 4.89. The van der Waals surface area contributed by atoms with Crippen LogP contribution in [0, 0.1) is 10.0 Å². The number of rotatable bonds is 2. The predicted octanol–water partition coefficient (Wildman–Crippen LogP) is 2.38. The highest BCUT2D eigenvalue weighted by molar-refractivity contribution is 7.71. The molecule has 0 unspecified atom stereocenters. The van der Waals surface area contributed by atoms with Crippen LogP contribution >= 0.6 is 12.2 Å². The van der Waals surface area contributed by atoms with Gasteiger partial charge in [0, 0.05) is 17.8 Å². The van der Waals surface area contributed by atoms with Crippen LogP contribution in [0.5, 0.6) is 0 Å². The summed E-state index contributed by atoms with van der Waals surface area (Å²) in [5.41, 5.74) is 2.14. The molecular formula is C13H9N3O3S. The number of nitrogens with zero attached hydrogens (tertiary/aromatic N) is 1. The molecule has 3 rings (SSSR count). The maximum atomic E-state index is 12.0. The summed E-state index contributed by atoms with van der Waals surface area (Å²) in [6.07, 6.45) is 2.52. The number of carbonyl (C=O) groups is 1. The van der Waals surface area contributed by atoms with E-state index < -0.39 is 0 Å². The number of aromatic amines is 1. The number of amides is 1. The van der Waals surface area contributed by atoms with Gasteiger partial charge in [0.15, 0.2) is 18.0 Å². The molecule has 7 heteroatoms. The minimum absolute atomic E-state index is 0.276. The molecule has 0 aliphatic rings. The van der Waals surface area contributed by atoms with Crippen molar-refractivity contribution in [1.82, 2.24) is 4.98 Å². The molecule has 0 saturated heterocycles. The van der Waals surface area contributed by atoms with Crippen molar-refractivity contribution in [3.63, 3.8) is 0 Å². The maximum absolute atomic E-state index is 12.0. The highest BCUT2D eigenvalue weighted by Crippen LogP contribution is 2.19. The number of H-pyrrole nitrogens is 1. The number of pyridine rings is 1. The summed E-state index contributed by atoms with van der Waals surface area (Å²) in [5, 5.41) is 13.8. The topological polar surface area (TPSA) is 85.0 Å². The predicted molar refractivity (Wildman–Crippen MR) is 74.8 cm³/mol. The fourth-order valence-corrected chi connectivity index (χ4v) is 2.02. The Morgan fingerprint density at radius 3 is 3.05 bits per heavy atom. The minimum atomic E-state index is -0.372. The summed E-state index contributed by atoms with van der Waals surface area (Å²) < 4.78 is 5.84. The Morgan fingerprint density at radius 2 is 2.25 bits per heavy atom. The fraction of sp³-hybridized carbons (Fsp3) is 0. The number of carbonyl (C=O) groups excluding carboxylic acids is 1. The molecule has 100 valence electrons. The smallest absolute Gasteiger partial charge is 0.266 e. The molecule has 0 radical (unpaired) electrons. The lowest BCUT2D eigenvalue weighted by molar-refractivity contribution is -0.605. The molecule has 2 aromatic heterocycles. The van der Waals surface area contributed by atoms with Gasteiger partial charge < -0.3 is 19.9 Å². The van der Waals surface area contributed by atoms with E-state index in [2.05, 4.69) is 10.3 Å². The number of anilines is 1. The summed E-state index contributed by atoms with van der Waals surface area (Å²) in [6, 6.07) is 8.20. The zero-order valence-corrected chi connectivity index (χ0v) is 10.9. The van der Waals surface area contributed by atoms with E-state index in [1.165, 1.54) is 18.5 Å².